The van der Waals surface area contributed by atoms with Crippen molar-refractivity contribution in [2.45, 2.75) is 119 Å². The predicted molar refractivity (Wildman–Crippen MR) is 184 cm³/mol. The first-order valence-corrected chi connectivity index (χ1v) is 17.0. The fourth-order valence-electron chi connectivity index (χ4n) is 3.72. The Balaban J connectivity index is -0.000000452. The molecule has 6 amide bonds. The molecule has 48 heavy (non-hydrogen) atoms. The van der Waals surface area contributed by atoms with Crippen molar-refractivity contribution >= 4 is 35.4 Å². The number of rotatable bonds is 21. The van der Waals surface area contributed by atoms with Gasteiger partial charge in [-0.15, -0.1) is 0 Å². The first kappa shape index (κ1) is 53.1. The first-order valence-electron chi connectivity index (χ1n) is 17.0. The third kappa shape index (κ3) is 29.2. The summed E-state index contributed by atoms with van der Waals surface area (Å²) < 4.78 is 0. The second kappa shape index (κ2) is 36.6. The van der Waals surface area contributed by atoms with E-state index in [2.05, 4.69) is 26.6 Å². The molecule has 2 unspecified atom stereocenters. The molecule has 0 saturated carbocycles. The number of carbonyl (C=O) groups is 6. The van der Waals surface area contributed by atoms with Crippen molar-refractivity contribution in [3.8, 4) is 0 Å². The molecule has 0 spiro atoms. The zero-order valence-electron chi connectivity index (χ0n) is 31.0. The van der Waals surface area contributed by atoms with E-state index >= 15 is 0 Å². The van der Waals surface area contributed by atoms with Crippen LogP contribution in [0.3, 0.4) is 0 Å². The average molecular weight is 711 g/mol. The summed E-state index contributed by atoms with van der Waals surface area (Å²) in [6, 6.07) is -0.702. The van der Waals surface area contributed by atoms with Gasteiger partial charge in [0.05, 0.1) is 19.3 Å². The van der Waals surface area contributed by atoms with Crippen LogP contribution >= 0.6 is 0 Å². The van der Waals surface area contributed by atoms with E-state index in [-0.39, 0.29) is 113 Å². The number of aliphatic hydroxyl groups is 2. The molecule has 0 saturated heterocycles. The second-order valence-corrected chi connectivity index (χ2v) is 10.3. The van der Waals surface area contributed by atoms with Crippen molar-refractivity contribution in [2.24, 2.45) is 5.92 Å². The van der Waals surface area contributed by atoms with E-state index in [1.165, 1.54) is 17.1 Å². The number of hydrogen-bond donors (Lipinski definition) is 6. The van der Waals surface area contributed by atoms with Crippen molar-refractivity contribution in [1.29, 1.82) is 0 Å². The summed E-state index contributed by atoms with van der Waals surface area (Å²) in [5, 5.41) is 32.0. The van der Waals surface area contributed by atoms with Crippen LogP contribution in [0.1, 0.15) is 107 Å². The van der Waals surface area contributed by atoms with Crippen LogP contribution in [0.4, 0.5) is 0 Å². The fourth-order valence-corrected chi connectivity index (χ4v) is 3.72. The molecule has 0 aromatic rings. The first-order chi connectivity index (χ1) is 22.5. The molecule has 0 aromatic heterocycles. The van der Waals surface area contributed by atoms with Gasteiger partial charge in [0.2, 0.25) is 23.6 Å². The van der Waals surface area contributed by atoms with E-state index in [9.17, 15) is 28.8 Å². The van der Waals surface area contributed by atoms with Gasteiger partial charge in [-0.05, 0) is 38.0 Å². The molecule has 2 atom stereocenters. The van der Waals surface area contributed by atoms with Crippen molar-refractivity contribution < 1.29 is 90.4 Å². The standard InChI is InChI=1S/C20H32N5O5.C9H19NO3.2C2H6.K/c1-4-21-13-23-20(30)19(14(2)3)24-16(27)12-22-15(26)8-6-5-7-11-25-17(28)9-10-18(25)29;1-2-9(13)10-6-4-3-5-8(12)7-11;2*1-2;/h9-10,14,19H,4-8,11-13H2,1-3H3,(H,22,26)(H,23,30)(H,24,27);8,11-12H,2-7H2,1H3,(H,10,13);2*1-2H3;/q-1;;;;+1. The van der Waals surface area contributed by atoms with Crippen LogP contribution < -0.4 is 72.7 Å². The summed E-state index contributed by atoms with van der Waals surface area (Å²) in [6.45, 7) is 16.7. The van der Waals surface area contributed by atoms with E-state index in [4.69, 9.17) is 10.2 Å². The molecule has 0 fully saturated rings. The molecule has 1 heterocycles. The van der Waals surface area contributed by atoms with Crippen LogP contribution in [0.5, 0.6) is 0 Å². The van der Waals surface area contributed by atoms with Crippen molar-refractivity contribution in [3.63, 3.8) is 0 Å². The summed E-state index contributed by atoms with van der Waals surface area (Å²) in [5.74, 6) is -1.70. The van der Waals surface area contributed by atoms with E-state index in [0.717, 1.165) is 12.8 Å². The smallest absolute Gasteiger partial charge is 0.645 e. The maximum atomic E-state index is 12.1. The van der Waals surface area contributed by atoms with Crippen LogP contribution in [-0.4, -0.2) is 102 Å². The molecule has 14 nitrogen and oxygen atoms in total. The zero-order chi connectivity index (χ0) is 36.6. The van der Waals surface area contributed by atoms with Gasteiger partial charge in [0.25, 0.3) is 11.8 Å². The van der Waals surface area contributed by atoms with Gasteiger partial charge >= 0.3 is 51.4 Å². The Morgan fingerprint density at radius 1 is 0.833 bits per heavy atom. The van der Waals surface area contributed by atoms with Crippen molar-refractivity contribution in [3.05, 3.63) is 17.5 Å². The third-order valence-corrected chi connectivity index (χ3v) is 6.30. The Morgan fingerprint density at radius 2 is 1.44 bits per heavy atom. The molecule has 274 valence electrons. The number of hydrogen-bond acceptors (Lipinski definition) is 8. The minimum Gasteiger partial charge on any atom is -0.645 e. The molecule has 0 aromatic carbocycles. The minimum absolute atomic E-state index is 0. The van der Waals surface area contributed by atoms with E-state index in [1.54, 1.807) is 0 Å². The van der Waals surface area contributed by atoms with Gasteiger partial charge in [-0.3, -0.25) is 33.7 Å². The normalized spacial score (nSPS) is 12.5. The number of amides is 6. The largest absolute Gasteiger partial charge is 1.00 e. The molecule has 1 aliphatic heterocycles. The summed E-state index contributed by atoms with van der Waals surface area (Å²) in [5.41, 5.74) is 0. The van der Waals surface area contributed by atoms with E-state index in [1.807, 2.05) is 55.4 Å². The van der Waals surface area contributed by atoms with E-state index in [0.29, 0.717) is 51.7 Å². The Kier molecular flexibility index (Phi) is 40.4. The molecule has 1 rings (SSSR count). The number of imide groups is 1. The number of unbranched alkanes of at least 4 members (excludes halogenated alkanes) is 3. The van der Waals surface area contributed by atoms with Gasteiger partial charge < -0.3 is 36.8 Å². The van der Waals surface area contributed by atoms with Crippen molar-refractivity contribution in [2.75, 3.05) is 39.5 Å². The second-order valence-electron chi connectivity index (χ2n) is 10.3. The minimum atomic E-state index is -0.702. The zero-order valence-corrected chi connectivity index (χ0v) is 34.1. The van der Waals surface area contributed by atoms with Gasteiger partial charge in [-0.2, -0.15) is 6.54 Å². The molecule has 0 bridgehead atoms. The Labute approximate surface area is 331 Å². The van der Waals surface area contributed by atoms with Gasteiger partial charge in [-0.25, -0.2) is 0 Å². The molecule has 0 radical (unpaired) electrons. The van der Waals surface area contributed by atoms with Crippen molar-refractivity contribution in [1.82, 2.24) is 26.2 Å². The quantitative estimate of drug-likeness (QED) is 0.0508. The van der Waals surface area contributed by atoms with Crippen LogP contribution in [0.15, 0.2) is 12.2 Å². The topological polar surface area (TPSA) is 208 Å². The molecular formula is C33H63KN6O8. The maximum absolute atomic E-state index is 12.1. The van der Waals surface area contributed by atoms with Crippen LogP contribution in [0, 0.1) is 5.92 Å². The molecule has 0 aliphatic carbocycles. The van der Waals surface area contributed by atoms with Gasteiger partial charge in [-0.1, -0.05) is 68.5 Å². The summed E-state index contributed by atoms with van der Waals surface area (Å²) in [4.78, 5) is 70.9. The fraction of sp³-hybridized carbons (Fsp3) is 0.758. The summed E-state index contributed by atoms with van der Waals surface area (Å²) >= 11 is 0. The number of aliphatic hydroxyl groups excluding tert-OH is 2. The molecule has 1 aliphatic rings. The average Bonchev–Trinajstić information content (AvgIpc) is 3.39. The number of carbonyl (C=O) groups excluding carboxylic acids is 6. The SMILES string of the molecule is CC.CC.CCC(=O)NCCCCC(O)CO.CC[N-]CNC(=O)C(NC(=O)CNC(=O)CCCCCN1C(=O)C=CC1=O)C(C)C.[K+]. The Hall–Kier alpha value is -1.72. The van der Waals surface area contributed by atoms with Gasteiger partial charge in [0, 0.05) is 38.1 Å². The summed E-state index contributed by atoms with van der Waals surface area (Å²) in [7, 11) is 0. The molecule has 6 N–H and O–H groups in total. The number of nitrogens with one attached hydrogen (secondary N) is 4. The predicted octanol–water partition coefficient (Wildman–Crippen LogP) is -0.711. The van der Waals surface area contributed by atoms with Crippen LogP contribution in [0.2, 0.25) is 0 Å². The maximum Gasteiger partial charge on any atom is 1.00 e. The number of nitrogens with zero attached hydrogens (tertiary/aromatic N) is 2. The van der Waals surface area contributed by atoms with Gasteiger partial charge in [0.1, 0.15) is 6.04 Å². The van der Waals surface area contributed by atoms with Crippen LogP contribution in [0.25, 0.3) is 5.32 Å². The van der Waals surface area contributed by atoms with E-state index < -0.39 is 18.1 Å². The third-order valence-electron chi connectivity index (χ3n) is 6.30. The van der Waals surface area contributed by atoms with Crippen LogP contribution in [-0.2, 0) is 28.8 Å². The molecule has 15 heteroatoms. The molecular weight excluding hydrogens is 647 g/mol. The summed E-state index contributed by atoms with van der Waals surface area (Å²) in [6.07, 6.45) is 6.77. The monoisotopic (exact) mass is 710 g/mol. The van der Waals surface area contributed by atoms with Gasteiger partial charge in [0.15, 0.2) is 0 Å². The Bertz CT molecular complexity index is 903. The Morgan fingerprint density at radius 3 is 1.96 bits per heavy atom.